The average Bonchev–Trinajstić information content (AvgIpc) is 3.03. The molecule has 3 rings (SSSR count). The predicted molar refractivity (Wildman–Crippen MR) is 95.0 cm³/mol. The number of benzene rings is 1. The summed E-state index contributed by atoms with van der Waals surface area (Å²) < 4.78 is 24.4. The third kappa shape index (κ3) is 4.90. The second-order valence-corrected chi connectivity index (χ2v) is 8.59. The van der Waals surface area contributed by atoms with Crippen molar-refractivity contribution in [3.05, 3.63) is 48.3 Å². The van der Waals surface area contributed by atoms with E-state index < -0.39 is 9.84 Å². The Hall–Kier alpha value is -1.70. The first-order chi connectivity index (χ1) is 11.5. The molecule has 0 bridgehead atoms. The third-order valence-corrected chi connectivity index (χ3v) is 5.22. The van der Waals surface area contributed by atoms with Crippen LogP contribution in [0.3, 0.4) is 0 Å². The van der Waals surface area contributed by atoms with Gasteiger partial charge in [0.1, 0.15) is 9.84 Å². The van der Waals surface area contributed by atoms with Gasteiger partial charge in [-0.15, -0.1) is 0 Å². The monoisotopic (exact) mass is 348 g/mol. The smallest absolute Gasteiger partial charge is 0.148 e. The van der Waals surface area contributed by atoms with E-state index in [0.717, 1.165) is 44.1 Å². The highest BCUT2D eigenvalue weighted by Gasteiger charge is 2.18. The van der Waals surface area contributed by atoms with Crippen LogP contribution in [-0.2, 0) is 16.4 Å². The summed E-state index contributed by atoms with van der Waals surface area (Å²) in [5, 5.41) is 4.64. The van der Waals surface area contributed by atoms with Crippen LogP contribution in [0.2, 0.25) is 0 Å². The SMILES string of the molecule is CS(=O)(=O)CCN1CCN(Cc2ccn(-c3ccccc3)n2)CC1. The van der Waals surface area contributed by atoms with Gasteiger partial charge in [-0.2, -0.15) is 5.10 Å². The Bertz CT molecular complexity index is 750. The number of aromatic nitrogens is 2. The number of piperazine rings is 1. The molecule has 0 amide bonds. The Morgan fingerprint density at radius 2 is 1.67 bits per heavy atom. The molecule has 0 N–H and O–H groups in total. The van der Waals surface area contributed by atoms with Crippen molar-refractivity contribution in [3.8, 4) is 5.69 Å². The van der Waals surface area contributed by atoms with Gasteiger partial charge in [0, 0.05) is 51.7 Å². The number of rotatable bonds is 6. The Labute approximate surface area is 143 Å². The normalized spacial score (nSPS) is 17.2. The van der Waals surface area contributed by atoms with Crippen LogP contribution in [0, 0.1) is 0 Å². The Kier molecular flexibility index (Phi) is 5.33. The topological polar surface area (TPSA) is 58.4 Å². The van der Waals surface area contributed by atoms with Crippen molar-refractivity contribution in [2.24, 2.45) is 0 Å². The fraction of sp³-hybridized carbons (Fsp3) is 0.471. The summed E-state index contributed by atoms with van der Waals surface area (Å²) in [5.74, 6) is 0.245. The van der Waals surface area contributed by atoms with Gasteiger partial charge in [0.15, 0.2) is 0 Å². The second kappa shape index (κ2) is 7.46. The largest absolute Gasteiger partial charge is 0.300 e. The summed E-state index contributed by atoms with van der Waals surface area (Å²) in [4.78, 5) is 4.59. The van der Waals surface area contributed by atoms with Gasteiger partial charge >= 0.3 is 0 Å². The zero-order valence-electron chi connectivity index (χ0n) is 14.0. The summed E-state index contributed by atoms with van der Waals surface area (Å²) in [7, 11) is -2.88. The van der Waals surface area contributed by atoms with Crippen LogP contribution in [0.5, 0.6) is 0 Å². The van der Waals surface area contributed by atoms with Crippen molar-refractivity contribution in [1.29, 1.82) is 0 Å². The predicted octanol–water partition coefficient (Wildman–Crippen LogP) is 1.03. The van der Waals surface area contributed by atoms with Crippen molar-refractivity contribution in [1.82, 2.24) is 19.6 Å². The first-order valence-electron chi connectivity index (χ1n) is 8.22. The quantitative estimate of drug-likeness (QED) is 0.781. The molecule has 6 nitrogen and oxygen atoms in total. The maximum Gasteiger partial charge on any atom is 0.148 e. The van der Waals surface area contributed by atoms with E-state index in [1.807, 2.05) is 41.2 Å². The van der Waals surface area contributed by atoms with Crippen molar-refractivity contribution in [2.75, 3.05) is 44.7 Å². The zero-order valence-corrected chi connectivity index (χ0v) is 14.8. The Morgan fingerprint density at radius 3 is 2.33 bits per heavy atom. The number of nitrogens with zero attached hydrogens (tertiary/aromatic N) is 4. The molecule has 1 saturated heterocycles. The van der Waals surface area contributed by atoms with Crippen LogP contribution >= 0.6 is 0 Å². The highest BCUT2D eigenvalue weighted by atomic mass is 32.2. The second-order valence-electron chi connectivity index (χ2n) is 6.33. The maximum atomic E-state index is 11.3. The van der Waals surface area contributed by atoms with Gasteiger partial charge in [-0.25, -0.2) is 13.1 Å². The van der Waals surface area contributed by atoms with Gasteiger partial charge in [0.05, 0.1) is 17.1 Å². The molecule has 2 aromatic rings. The molecular formula is C17H24N4O2S. The van der Waals surface area contributed by atoms with Crippen molar-refractivity contribution in [3.63, 3.8) is 0 Å². The molecular weight excluding hydrogens is 324 g/mol. The van der Waals surface area contributed by atoms with Crippen molar-refractivity contribution in [2.45, 2.75) is 6.54 Å². The van der Waals surface area contributed by atoms with Gasteiger partial charge in [-0.3, -0.25) is 9.80 Å². The highest BCUT2D eigenvalue weighted by molar-refractivity contribution is 7.90. The Balaban J connectivity index is 1.49. The number of hydrogen-bond acceptors (Lipinski definition) is 5. The first kappa shape index (κ1) is 17.1. The molecule has 1 aliphatic rings. The molecule has 130 valence electrons. The van der Waals surface area contributed by atoms with Crippen LogP contribution in [0.4, 0.5) is 0 Å². The molecule has 0 radical (unpaired) electrons. The maximum absolute atomic E-state index is 11.3. The average molecular weight is 348 g/mol. The van der Waals surface area contributed by atoms with Crippen LogP contribution in [0.1, 0.15) is 5.69 Å². The first-order valence-corrected chi connectivity index (χ1v) is 10.3. The molecule has 1 aromatic heterocycles. The molecule has 1 fully saturated rings. The molecule has 24 heavy (non-hydrogen) atoms. The standard InChI is InChI=1S/C17H24N4O2S/c1-24(22,23)14-13-19-9-11-20(12-10-19)15-16-7-8-21(18-16)17-5-3-2-4-6-17/h2-8H,9-15H2,1H3. The molecule has 1 aromatic carbocycles. The van der Waals surface area contributed by atoms with Gasteiger partial charge in [0.2, 0.25) is 0 Å². The molecule has 0 atom stereocenters. The highest BCUT2D eigenvalue weighted by Crippen LogP contribution is 2.10. The van der Waals surface area contributed by atoms with E-state index in [1.165, 1.54) is 6.26 Å². The van der Waals surface area contributed by atoms with Crippen LogP contribution in [0.25, 0.3) is 5.69 Å². The third-order valence-electron chi connectivity index (χ3n) is 4.29. The molecule has 1 aliphatic heterocycles. The minimum Gasteiger partial charge on any atom is -0.300 e. The number of sulfone groups is 1. The summed E-state index contributed by atoms with van der Waals surface area (Å²) in [6, 6.07) is 12.1. The van der Waals surface area contributed by atoms with Gasteiger partial charge < -0.3 is 0 Å². The minimum atomic E-state index is -2.88. The van der Waals surface area contributed by atoms with Crippen LogP contribution in [-0.4, -0.2) is 72.7 Å². The van der Waals surface area contributed by atoms with Gasteiger partial charge in [0.25, 0.3) is 0 Å². The van der Waals surface area contributed by atoms with Crippen molar-refractivity contribution < 1.29 is 8.42 Å². The lowest BCUT2D eigenvalue weighted by atomic mass is 10.3. The lowest BCUT2D eigenvalue weighted by Gasteiger charge is -2.34. The lowest BCUT2D eigenvalue weighted by molar-refractivity contribution is 0.131. The molecule has 2 heterocycles. The minimum absolute atomic E-state index is 0.245. The lowest BCUT2D eigenvalue weighted by Crippen LogP contribution is -2.47. The van der Waals surface area contributed by atoms with E-state index in [2.05, 4.69) is 21.0 Å². The van der Waals surface area contributed by atoms with E-state index in [4.69, 9.17) is 0 Å². The summed E-state index contributed by atoms with van der Waals surface area (Å²) >= 11 is 0. The van der Waals surface area contributed by atoms with Crippen LogP contribution < -0.4 is 0 Å². The van der Waals surface area contributed by atoms with E-state index in [1.54, 1.807) is 0 Å². The summed E-state index contributed by atoms with van der Waals surface area (Å²) in [6.07, 6.45) is 3.29. The number of hydrogen-bond donors (Lipinski definition) is 0. The fourth-order valence-corrected chi connectivity index (χ4v) is 3.46. The van der Waals surface area contributed by atoms with E-state index in [-0.39, 0.29) is 5.75 Å². The molecule has 0 unspecified atom stereocenters. The number of para-hydroxylation sites is 1. The van der Waals surface area contributed by atoms with E-state index in [0.29, 0.717) is 6.54 Å². The van der Waals surface area contributed by atoms with Gasteiger partial charge in [-0.05, 0) is 18.2 Å². The Morgan fingerprint density at radius 1 is 1.00 bits per heavy atom. The van der Waals surface area contributed by atoms with E-state index >= 15 is 0 Å². The summed E-state index contributed by atoms with van der Waals surface area (Å²) in [6.45, 7) is 5.18. The zero-order chi connectivity index (χ0) is 17.0. The molecule has 7 heteroatoms. The fourth-order valence-electron chi connectivity index (χ4n) is 2.87. The van der Waals surface area contributed by atoms with E-state index in [9.17, 15) is 8.42 Å². The molecule has 0 aliphatic carbocycles. The molecule has 0 saturated carbocycles. The van der Waals surface area contributed by atoms with Gasteiger partial charge in [-0.1, -0.05) is 18.2 Å². The van der Waals surface area contributed by atoms with Crippen LogP contribution in [0.15, 0.2) is 42.6 Å². The summed E-state index contributed by atoms with van der Waals surface area (Å²) in [5.41, 5.74) is 2.12. The van der Waals surface area contributed by atoms with Crippen molar-refractivity contribution >= 4 is 9.84 Å². The molecule has 0 spiro atoms.